The lowest BCUT2D eigenvalue weighted by Crippen LogP contribution is -2.34. The summed E-state index contributed by atoms with van der Waals surface area (Å²) in [6.07, 6.45) is 1.63. The largest absolute Gasteiger partial charge is 0.468 e. The van der Waals surface area contributed by atoms with Gasteiger partial charge >= 0.3 is 0 Å². The van der Waals surface area contributed by atoms with Crippen LogP contribution in [-0.2, 0) is 0 Å². The molecule has 5 heteroatoms. The van der Waals surface area contributed by atoms with Crippen molar-refractivity contribution in [3.63, 3.8) is 0 Å². The van der Waals surface area contributed by atoms with Crippen LogP contribution >= 0.6 is 0 Å². The predicted octanol–water partition coefficient (Wildman–Crippen LogP) is 2.20. The molecule has 112 valence electrons. The molecule has 0 bridgehead atoms. The molecule has 5 nitrogen and oxygen atoms in total. The normalized spacial score (nSPS) is 12.4. The van der Waals surface area contributed by atoms with Crippen LogP contribution in [0.1, 0.15) is 27.7 Å². The average Bonchev–Trinajstić information content (AvgIpc) is 2.95. The maximum atomic E-state index is 12.3. The molecular formula is C16H21N3O2. The molecule has 0 spiro atoms. The molecule has 1 unspecified atom stereocenters. The Morgan fingerprint density at radius 1 is 1.33 bits per heavy atom. The number of nitrogens with two attached hydrogens (primary N) is 1. The van der Waals surface area contributed by atoms with E-state index in [0.29, 0.717) is 17.8 Å². The standard InChI is InChI=1S/C16H21N3O2/c1-11-12(6-4-7-13(11)17)16(20)18-10-14(19(2)3)15-8-5-9-21-15/h4-9,14H,10,17H2,1-3H3,(H,18,20). The fraction of sp³-hybridized carbons (Fsp3) is 0.312. The van der Waals surface area contributed by atoms with Gasteiger partial charge in [0, 0.05) is 17.8 Å². The van der Waals surface area contributed by atoms with Crippen LogP contribution in [0.3, 0.4) is 0 Å². The number of nitrogens with one attached hydrogen (secondary N) is 1. The summed E-state index contributed by atoms with van der Waals surface area (Å²) in [5.74, 6) is 0.697. The topological polar surface area (TPSA) is 71.5 Å². The number of benzene rings is 1. The second-order valence-electron chi connectivity index (χ2n) is 5.22. The van der Waals surface area contributed by atoms with Gasteiger partial charge in [-0.05, 0) is 50.8 Å². The lowest BCUT2D eigenvalue weighted by Gasteiger charge is -2.22. The van der Waals surface area contributed by atoms with E-state index in [1.165, 1.54) is 0 Å². The number of carbonyl (C=O) groups excluding carboxylic acids is 1. The van der Waals surface area contributed by atoms with Crippen LogP contribution < -0.4 is 11.1 Å². The third-order valence-corrected chi connectivity index (χ3v) is 3.57. The molecule has 2 aromatic rings. The number of hydrogen-bond acceptors (Lipinski definition) is 4. The number of nitrogen functional groups attached to an aromatic ring is 1. The number of likely N-dealkylation sites (N-methyl/N-ethyl adjacent to an activating group) is 1. The molecule has 2 rings (SSSR count). The van der Waals surface area contributed by atoms with E-state index in [0.717, 1.165) is 11.3 Å². The maximum Gasteiger partial charge on any atom is 0.251 e. The van der Waals surface area contributed by atoms with Gasteiger partial charge in [-0.3, -0.25) is 9.69 Å². The third-order valence-electron chi connectivity index (χ3n) is 3.57. The van der Waals surface area contributed by atoms with E-state index in [9.17, 15) is 4.79 Å². The summed E-state index contributed by atoms with van der Waals surface area (Å²) in [6, 6.07) is 9.09. The first kappa shape index (κ1) is 15.1. The van der Waals surface area contributed by atoms with E-state index in [4.69, 9.17) is 10.2 Å². The van der Waals surface area contributed by atoms with E-state index in [2.05, 4.69) is 5.32 Å². The van der Waals surface area contributed by atoms with E-state index in [1.807, 2.05) is 38.1 Å². The molecule has 0 aliphatic heterocycles. The van der Waals surface area contributed by atoms with Gasteiger partial charge in [-0.15, -0.1) is 0 Å². The third kappa shape index (κ3) is 3.44. The van der Waals surface area contributed by atoms with Gasteiger partial charge in [0.05, 0.1) is 12.3 Å². The Morgan fingerprint density at radius 3 is 2.71 bits per heavy atom. The molecule has 0 fully saturated rings. The summed E-state index contributed by atoms with van der Waals surface area (Å²) in [7, 11) is 3.90. The fourth-order valence-electron chi connectivity index (χ4n) is 2.20. The highest BCUT2D eigenvalue weighted by Gasteiger charge is 2.19. The van der Waals surface area contributed by atoms with Gasteiger partial charge in [0.15, 0.2) is 0 Å². The Morgan fingerprint density at radius 2 is 2.10 bits per heavy atom. The van der Waals surface area contributed by atoms with Crippen LogP contribution in [0.2, 0.25) is 0 Å². The molecular weight excluding hydrogens is 266 g/mol. The second kappa shape index (κ2) is 6.45. The van der Waals surface area contributed by atoms with Crippen molar-refractivity contribution >= 4 is 11.6 Å². The van der Waals surface area contributed by atoms with Crippen LogP contribution in [0.4, 0.5) is 5.69 Å². The highest BCUT2D eigenvalue weighted by Crippen LogP contribution is 2.19. The monoisotopic (exact) mass is 287 g/mol. The Hall–Kier alpha value is -2.27. The number of furan rings is 1. The van der Waals surface area contributed by atoms with Crippen molar-refractivity contribution in [2.45, 2.75) is 13.0 Å². The zero-order chi connectivity index (χ0) is 15.4. The van der Waals surface area contributed by atoms with E-state index >= 15 is 0 Å². The minimum atomic E-state index is -0.127. The average molecular weight is 287 g/mol. The van der Waals surface area contributed by atoms with Crippen LogP contribution in [0.25, 0.3) is 0 Å². The summed E-state index contributed by atoms with van der Waals surface area (Å²) >= 11 is 0. The Balaban J connectivity index is 2.07. The lowest BCUT2D eigenvalue weighted by molar-refractivity contribution is 0.0938. The van der Waals surface area contributed by atoms with Crippen molar-refractivity contribution in [1.29, 1.82) is 0 Å². The molecule has 3 N–H and O–H groups in total. The molecule has 0 saturated heterocycles. The predicted molar refractivity (Wildman–Crippen MR) is 83.1 cm³/mol. The molecule has 1 amide bonds. The molecule has 1 aromatic heterocycles. The van der Waals surface area contributed by atoms with Crippen molar-refractivity contribution in [2.24, 2.45) is 0 Å². The van der Waals surface area contributed by atoms with Crippen molar-refractivity contribution in [2.75, 3.05) is 26.4 Å². The fourth-order valence-corrected chi connectivity index (χ4v) is 2.20. The lowest BCUT2D eigenvalue weighted by atomic mass is 10.1. The number of hydrogen-bond donors (Lipinski definition) is 2. The van der Waals surface area contributed by atoms with Crippen molar-refractivity contribution < 1.29 is 9.21 Å². The van der Waals surface area contributed by atoms with Gasteiger partial charge in [-0.2, -0.15) is 0 Å². The molecule has 0 aliphatic rings. The van der Waals surface area contributed by atoms with Gasteiger partial charge < -0.3 is 15.5 Å². The van der Waals surface area contributed by atoms with Crippen molar-refractivity contribution in [3.8, 4) is 0 Å². The van der Waals surface area contributed by atoms with E-state index in [-0.39, 0.29) is 11.9 Å². The number of rotatable bonds is 5. The highest BCUT2D eigenvalue weighted by molar-refractivity contribution is 5.96. The van der Waals surface area contributed by atoms with Crippen LogP contribution in [-0.4, -0.2) is 31.4 Å². The van der Waals surface area contributed by atoms with Gasteiger partial charge in [0.1, 0.15) is 5.76 Å². The number of nitrogens with zero attached hydrogens (tertiary/aromatic N) is 1. The van der Waals surface area contributed by atoms with E-state index < -0.39 is 0 Å². The molecule has 21 heavy (non-hydrogen) atoms. The van der Waals surface area contributed by atoms with E-state index in [1.54, 1.807) is 24.5 Å². The first-order valence-electron chi connectivity index (χ1n) is 6.84. The number of carbonyl (C=O) groups is 1. The van der Waals surface area contributed by atoms with Crippen LogP contribution in [0.15, 0.2) is 41.0 Å². The van der Waals surface area contributed by atoms with Gasteiger partial charge in [0.2, 0.25) is 0 Å². The summed E-state index contributed by atoms with van der Waals surface area (Å²) in [5, 5.41) is 2.94. The summed E-state index contributed by atoms with van der Waals surface area (Å²) in [5.41, 5.74) is 7.86. The molecule has 0 saturated carbocycles. The Labute approximate surface area is 124 Å². The smallest absolute Gasteiger partial charge is 0.251 e. The van der Waals surface area contributed by atoms with Crippen LogP contribution in [0.5, 0.6) is 0 Å². The molecule has 1 heterocycles. The Bertz CT molecular complexity index is 606. The highest BCUT2D eigenvalue weighted by atomic mass is 16.3. The zero-order valence-electron chi connectivity index (χ0n) is 12.6. The zero-order valence-corrected chi connectivity index (χ0v) is 12.6. The first-order chi connectivity index (χ1) is 10.0. The Kier molecular flexibility index (Phi) is 4.65. The summed E-state index contributed by atoms with van der Waals surface area (Å²) < 4.78 is 5.42. The minimum Gasteiger partial charge on any atom is -0.468 e. The van der Waals surface area contributed by atoms with Crippen molar-refractivity contribution in [1.82, 2.24) is 10.2 Å². The number of anilines is 1. The molecule has 0 aliphatic carbocycles. The molecule has 1 aromatic carbocycles. The maximum absolute atomic E-state index is 12.3. The minimum absolute atomic E-state index is 0.00897. The van der Waals surface area contributed by atoms with Gasteiger partial charge in [0.25, 0.3) is 5.91 Å². The second-order valence-corrected chi connectivity index (χ2v) is 5.22. The molecule has 1 atom stereocenters. The SMILES string of the molecule is Cc1c(N)cccc1C(=O)NCC(c1ccco1)N(C)C. The van der Waals surface area contributed by atoms with Crippen molar-refractivity contribution in [3.05, 3.63) is 53.5 Å². The van der Waals surface area contributed by atoms with Gasteiger partial charge in [-0.25, -0.2) is 0 Å². The first-order valence-corrected chi connectivity index (χ1v) is 6.84. The number of amides is 1. The van der Waals surface area contributed by atoms with Crippen LogP contribution in [0, 0.1) is 6.92 Å². The van der Waals surface area contributed by atoms with Gasteiger partial charge in [-0.1, -0.05) is 6.07 Å². The molecule has 0 radical (unpaired) electrons. The summed E-state index contributed by atoms with van der Waals surface area (Å²) in [4.78, 5) is 14.3. The summed E-state index contributed by atoms with van der Waals surface area (Å²) in [6.45, 7) is 2.31. The quantitative estimate of drug-likeness (QED) is 0.827.